The van der Waals surface area contributed by atoms with E-state index in [9.17, 15) is 9.18 Å². The van der Waals surface area contributed by atoms with Crippen molar-refractivity contribution >= 4 is 17.3 Å². The van der Waals surface area contributed by atoms with Crippen molar-refractivity contribution in [2.75, 3.05) is 0 Å². The van der Waals surface area contributed by atoms with Crippen LogP contribution in [-0.2, 0) is 10.2 Å². The first-order valence-electron chi connectivity index (χ1n) is 5.25. The fraction of sp³-hybridized carbons (Fsp3) is 0.250. The topological polar surface area (TPSA) is 63.1 Å². The van der Waals surface area contributed by atoms with Crippen molar-refractivity contribution in [3.05, 3.63) is 35.1 Å². The number of halogens is 1. The summed E-state index contributed by atoms with van der Waals surface area (Å²) < 4.78 is 13.6. The summed E-state index contributed by atoms with van der Waals surface area (Å²) in [6, 6.07) is 6.20. The van der Waals surface area contributed by atoms with Crippen LogP contribution in [0.5, 0.6) is 0 Å². The SMILES string of the molecule is CC(C)(C(=O)O)c1nnc(-c2ccccc2F)s1. The van der Waals surface area contributed by atoms with E-state index in [0.717, 1.165) is 11.3 Å². The zero-order chi connectivity index (χ0) is 13.3. The third kappa shape index (κ3) is 2.11. The molecule has 0 radical (unpaired) electrons. The summed E-state index contributed by atoms with van der Waals surface area (Å²) >= 11 is 1.09. The normalized spacial score (nSPS) is 11.5. The number of hydrogen-bond donors (Lipinski definition) is 1. The second-order valence-electron chi connectivity index (χ2n) is 4.32. The number of carboxylic acids is 1. The van der Waals surface area contributed by atoms with Crippen LogP contribution in [0.25, 0.3) is 10.6 Å². The Bertz CT molecular complexity index is 595. The maximum absolute atomic E-state index is 13.6. The van der Waals surface area contributed by atoms with Crippen LogP contribution in [0.2, 0.25) is 0 Å². The van der Waals surface area contributed by atoms with Gasteiger partial charge in [-0.15, -0.1) is 10.2 Å². The summed E-state index contributed by atoms with van der Waals surface area (Å²) in [4.78, 5) is 11.1. The predicted molar refractivity (Wildman–Crippen MR) is 66.0 cm³/mol. The smallest absolute Gasteiger partial charge is 0.316 e. The van der Waals surface area contributed by atoms with Gasteiger partial charge < -0.3 is 5.11 Å². The highest BCUT2D eigenvalue weighted by molar-refractivity contribution is 7.15. The van der Waals surface area contributed by atoms with Gasteiger partial charge in [-0.25, -0.2) is 4.39 Å². The Morgan fingerprint density at radius 1 is 1.33 bits per heavy atom. The van der Waals surface area contributed by atoms with Gasteiger partial charge in [-0.2, -0.15) is 0 Å². The third-order valence-corrected chi connectivity index (χ3v) is 3.88. The number of rotatable bonds is 3. The van der Waals surface area contributed by atoms with Gasteiger partial charge in [0.2, 0.25) is 0 Å². The zero-order valence-electron chi connectivity index (χ0n) is 9.85. The summed E-state index contributed by atoms with van der Waals surface area (Å²) in [7, 11) is 0. The van der Waals surface area contributed by atoms with Crippen molar-refractivity contribution in [2.45, 2.75) is 19.3 Å². The summed E-state index contributed by atoms with van der Waals surface area (Å²) in [5, 5.41) is 17.5. The average Bonchev–Trinajstić information content (AvgIpc) is 2.79. The number of hydrogen-bond acceptors (Lipinski definition) is 4. The monoisotopic (exact) mass is 266 g/mol. The molecule has 2 rings (SSSR count). The molecule has 1 heterocycles. The van der Waals surface area contributed by atoms with E-state index in [1.165, 1.54) is 6.07 Å². The quantitative estimate of drug-likeness (QED) is 0.927. The summed E-state index contributed by atoms with van der Waals surface area (Å²) in [6.45, 7) is 3.09. The Hall–Kier alpha value is -1.82. The lowest BCUT2D eigenvalue weighted by Gasteiger charge is -2.13. The zero-order valence-corrected chi connectivity index (χ0v) is 10.7. The largest absolute Gasteiger partial charge is 0.481 e. The number of benzene rings is 1. The van der Waals surface area contributed by atoms with E-state index in [1.807, 2.05) is 0 Å². The molecule has 0 aliphatic carbocycles. The molecule has 1 aromatic carbocycles. The van der Waals surface area contributed by atoms with Gasteiger partial charge in [-0.1, -0.05) is 23.5 Å². The Morgan fingerprint density at radius 3 is 2.61 bits per heavy atom. The van der Waals surface area contributed by atoms with Gasteiger partial charge in [-0.05, 0) is 26.0 Å². The second-order valence-corrected chi connectivity index (χ2v) is 5.30. The molecular formula is C12H11FN2O2S. The van der Waals surface area contributed by atoms with Crippen molar-refractivity contribution in [2.24, 2.45) is 0 Å². The van der Waals surface area contributed by atoms with Crippen LogP contribution in [0.15, 0.2) is 24.3 Å². The molecule has 0 aliphatic rings. The highest BCUT2D eigenvalue weighted by Gasteiger charge is 2.33. The first kappa shape index (κ1) is 12.6. The summed E-state index contributed by atoms with van der Waals surface area (Å²) in [5.41, 5.74) is -0.788. The highest BCUT2D eigenvalue weighted by atomic mass is 32.1. The van der Waals surface area contributed by atoms with Crippen LogP contribution < -0.4 is 0 Å². The fourth-order valence-electron chi connectivity index (χ4n) is 1.31. The fourth-order valence-corrected chi connectivity index (χ4v) is 2.28. The van der Waals surface area contributed by atoms with Gasteiger partial charge in [-0.3, -0.25) is 4.79 Å². The molecule has 18 heavy (non-hydrogen) atoms. The maximum Gasteiger partial charge on any atom is 0.316 e. The van der Waals surface area contributed by atoms with Crippen LogP contribution in [0.3, 0.4) is 0 Å². The summed E-state index contributed by atoms with van der Waals surface area (Å²) in [6.07, 6.45) is 0. The van der Waals surface area contributed by atoms with Crippen molar-refractivity contribution in [3.8, 4) is 10.6 Å². The van der Waals surface area contributed by atoms with Crippen LogP contribution >= 0.6 is 11.3 Å². The first-order valence-corrected chi connectivity index (χ1v) is 6.07. The van der Waals surface area contributed by atoms with Crippen LogP contribution in [0.1, 0.15) is 18.9 Å². The molecule has 2 aromatic rings. The van der Waals surface area contributed by atoms with Crippen LogP contribution in [-0.4, -0.2) is 21.3 Å². The van der Waals surface area contributed by atoms with Gasteiger partial charge in [0.15, 0.2) is 5.01 Å². The van der Waals surface area contributed by atoms with E-state index < -0.39 is 17.2 Å². The minimum atomic E-state index is -1.12. The van der Waals surface area contributed by atoms with E-state index in [4.69, 9.17) is 5.11 Å². The molecular weight excluding hydrogens is 255 g/mol. The van der Waals surface area contributed by atoms with Crippen molar-refractivity contribution < 1.29 is 14.3 Å². The number of nitrogens with zero attached hydrogens (tertiary/aromatic N) is 2. The van der Waals surface area contributed by atoms with Gasteiger partial charge in [0.05, 0.1) is 0 Å². The minimum absolute atomic E-state index is 0.336. The van der Waals surface area contributed by atoms with E-state index in [1.54, 1.807) is 32.0 Å². The predicted octanol–water partition coefficient (Wildman–Crippen LogP) is 2.71. The molecule has 0 spiro atoms. The Labute approximate surface area is 107 Å². The van der Waals surface area contributed by atoms with E-state index in [-0.39, 0.29) is 0 Å². The van der Waals surface area contributed by atoms with E-state index in [2.05, 4.69) is 10.2 Å². The first-order chi connectivity index (χ1) is 8.43. The molecule has 4 nitrogen and oxygen atoms in total. The highest BCUT2D eigenvalue weighted by Crippen LogP contribution is 2.32. The van der Waals surface area contributed by atoms with Crippen molar-refractivity contribution in [1.29, 1.82) is 0 Å². The summed E-state index contributed by atoms with van der Waals surface area (Å²) in [5.74, 6) is -1.38. The van der Waals surface area contributed by atoms with Gasteiger partial charge >= 0.3 is 5.97 Å². The van der Waals surface area contributed by atoms with Gasteiger partial charge in [0, 0.05) is 5.56 Å². The Kier molecular flexibility index (Phi) is 3.13. The molecule has 0 fully saturated rings. The molecule has 0 bridgehead atoms. The van der Waals surface area contributed by atoms with Crippen LogP contribution in [0, 0.1) is 5.82 Å². The molecule has 0 aliphatic heterocycles. The van der Waals surface area contributed by atoms with Gasteiger partial charge in [0.1, 0.15) is 16.2 Å². The molecule has 94 valence electrons. The molecule has 0 atom stereocenters. The lowest BCUT2D eigenvalue weighted by molar-refractivity contribution is -0.142. The number of aliphatic carboxylic acids is 1. The van der Waals surface area contributed by atoms with E-state index in [0.29, 0.717) is 15.6 Å². The number of carbonyl (C=O) groups is 1. The van der Waals surface area contributed by atoms with Crippen molar-refractivity contribution in [3.63, 3.8) is 0 Å². The molecule has 0 saturated heterocycles. The standard InChI is InChI=1S/C12H11FN2O2S/c1-12(2,11(16)17)10-15-14-9(18-10)7-5-3-4-6-8(7)13/h3-6H,1-2H3,(H,16,17). The third-order valence-electron chi connectivity index (χ3n) is 2.60. The van der Waals surface area contributed by atoms with Crippen molar-refractivity contribution in [1.82, 2.24) is 10.2 Å². The molecule has 0 unspecified atom stereocenters. The lowest BCUT2D eigenvalue weighted by atomic mass is 9.95. The minimum Gasteiger partial charge on any atom is -0.481 e. The Balaban J connectivity index is 2.44. The molecule has 1 N–H and O–H groups in total. The van der Waals surface area contributed by atoms with Crippen LogP contribution in [0.4, 0.5) is 4.39 Å². The molecule has 0 amide bonds. The number of carboxylic acid groups (broad SMARTS) is 1. The molecule has 1 aromatic heterocycles. The molecule has 0 saturated carbocycles. The second kappa shape index (κ2) is 4.45. The number of aromatic nitrogens is 2. The molecule has 6 heteroatoms. The lowest BCUT2D eigenvalue weighted by Crippen LogP contribution is -2.28. The Morgan fingerprint density at radius 2 is 2.00 bits per heavy atom. The van der Waals surface area contributed by atoms with Gasteiger partial charge in [0.25, 0.3) is 0 Å². The average molecular weight is 266 g/mol. The maximum atomic E-state index is 13.6. The van der Waals surface area contributed by atoms with E-state index >= 15 is 0 Å².